The van der Waals surface area contributed by atoms with Crippen molar-refractivity contribution in [2.75, 3.05) is 25.0 Å². The first-order valence-electron chi connectivity index (χ1n) is 9.18. The lowest BCUT2D eigenvalue weighted by Crippen LogP contribution is -2.45. The number of nitrogens with one attached hydrogen (secondary N) is 2. The minimum absolute atomic E-state index is 0.222. The zero-order chi connectivity index (χ0) is 19.2. The molecular weight excluding hydrogens is 344 g/mol. The normalized spacial score (nSPS) is 20.6. The third kappa shape index (κ3) is 5.16. The van der Waals surface area contributed by atoms with Crippen molar-refractivity contribution in [2.24, 2.45) is 12.0 Å². The standard InChI is InChI=1S/C18H28N8O/c1-13-10-26(11-14(2)27-13)16-6-5-15(7-20-16)8-21-18(19-3)22-9-17-23-12-24-25(17)4/h5-7,12-14H,8-11H2,1-4H3,(H2,19,21,22). The number of hydrogen-bond donors (Lipinski definition) is 2. The van der Waals surface area contributed by atoms with E-state index in [0.717, 1.165) is 30.3 Å². The first kappa shape index (κ1) is 19.1. The summed E-state index contributed by atoms with van der Waals surface area (Å²) in [6.45, 7) is 7.13. The number of aromatic nitrogens is 4. The molecule has 2 N–H and O–H groups in total. The molecule has 2 atom stereocenters. The van der Waals surface area contributed by atoms with Crippen LogP contribution in [0, 0.1) is 0 Å². The molecule has 2 aromatic heterocycles. The van der Waals surface area contributed by atoms with Crippen molar-refractivity contribution in [1.82, 2.24) is 30.4 Å². The Balaban J connectivity index is 1.51. The zero-order valence-electron chi connectivity index (χ0n) is 16.4. The van der Waals surface area contributed by atoms with E-state index < -0.39 is 0 Å². The molecule has 146 valence electrons. The van der Waals surface area contributed by atoms with Crippen LogP contribution in [0.1, 0.15) is 25.2 Å². The molecule has 2 unspecified atom stereocenters. The second kappa shape index (κ2) is 8.81. The number of anilines is 1. The third-order valence-electron chi connectivity index (χ3n) is 4.46. The van der Waals surface area contributed by atoms with Crippen LogP contribution in [0.25, 0.3) is 0 Å². The van der Waals surface area contributed by atoms with Crippen LogP contribution in [0.3, 0.4) is 0 Å². The molecule has 0 aromatic carbocycles. The molecule has 1 saturated heterocycles. The molecule has 2 aromatic rings. The highest BCUT2D eigenvalue weighted by Gasteiger charge is 2.22. The maximum absolute atomic E-state index is 5.79. The Hall–Kier alpha value is -2.68. The van der Waals surface area contributed by atoms with E-state index in [4.69, 9.17) is 4.74 Å². The second-order valence-electron chi connectivity index (χ2n) is 6.77. The van der Waals surface area contributed by atoms with Gasteiger partial charge in [0.05, 0.1) is 18.8 Å². The lowest BCUT2D eigenvalue weighted by Gasteiger charge is -2.36. The van der Waals surface area contributed by atoms with Gasteiger partial charge in [0.1, 0.15) is 18.0 Å². The number of aliphatic imine (C=N–C) groups is 1. The number of morpholine rings is 1. The van der Waals surface area contributed by atoms with E-state index in [0.29, 0.717) is 19.0 Å². The van der Waals surface area contributed by atoms with Gasteiger partial charge in [-0.3, -0.25) is 9.67 Å². The lowest BCUT2D eigenvalue weighted by molar-refractivity contribution is -0.00545. The molecule has 27 heavy (non-hydrogen) atoms. The first-order chi connectivity index (χ1) is 13.0. The van der Waals surface area contributed by atoms with E-state index in [1.54, 1.807) is 11.7 Å². The monoisotopic (exact) mass is 372 g/mol. The smallest absolute Gasteiger partial charge is 0.191 e. The van der Waals surface area contributed by atoms with E-state index in [9.17, 15) is 0 Å². The molecule has 0 spiro atoms. The average molecular weight is 372 g/mol. The molecule has 1 aliphatic rings. The van der Waals surface area contributed by atoms with Crippen LogP contribution in [0.2, 0.25) is 0 Å². The van der Waals surface area contributed by atoms with Crippen molar-refractivity contribution >= 4 is 11.8 Å². The lowest BCUT2D eigenvalue weighted by atomic mass is 10.2. The summed E-state index contributed by atoms with van der Waals surface area (Å²) in [6.07, 6.45) is 3.89. The second-order valence-corrected chi connectivity index (χ2v) is 6.77. The SMILES string of the molecule is CN=C(NCc1ccc(N2CC(C)OC(C)C2)nc1)NCc1ncnn1C. The zero-order valence-corrected chi connectivity index (χ0v) is 16.4. The molecule has 0 aliphatic carbocycles. The quantitative estimate of drug-likeness (QED) is 0.589. The van der Waals surface area contributed by atoms with Gasteiger partial charge in [0.15, 0.2) is 5.96 Å². The summed E-state index contributed by atoms with van der Waals surface area (Å²) in [7, 11) is 3.61. The molecule has 0 radical (unpaired) electrons. The molecule has 9 heteroatoms. The average Bonchev–Trinajstić information content (AvgIpc) is 3.06. The number of guanidine groups is 1. The molecule has 0 bridgehead atoms. The third-order valence-corrected chi connectivity index (χ3v) is 4.46. The Morgan fingerprint density at radius 1 is 1.19 bits per heavy atom. The van der Waals surface area contributed by atoms with Crippen molar-refractivity contribution in [3.05, 3.63) is 36.0 Å². The van der Waals surface area contributed by atoms with Crippen LogP contribution in [0.15, 0.2) is 29.6 Å². The highest BCUT2D eigenvalue weighted by Crippen LogP contribution is 2.18. The molecule has 0 saturated carbocycles. The summed E-state index contributed by atoms with van der Waals surface area (Å²) in [4.78, 5) is 15.3. The first-order valence-corrected chi connectivity index (χ1v) is 9.18. The van der Waals surface area contributed by atoms with Crippen LogP contribution < -0.4 is 15.5 Å². The van der Waals surface area contributed by atoms with E-state index >= 15 is 0 Å². The van der Waals surface area contributed by atoms with Gasteiger partial charge in [0, 0.05) is 39.9 Å². The van der Waals surface area contributed by atoms with Gasteiger partial charge in [-0.15, -0.1) is 0 Å². The Kier molecular flexibility index (Phi) is 6.23. The van der Waals surface area contributed by atoms with E-state index in [1.807, 2.05) is 13.2 Å². The molecule has 3 rings (SSSR count). The summed E-state index contributed by atoms with van der Waals surface area (Å²) in [6, 6.07) is 4.16. The largest absolute Gasteiger partial charge is 0.372 e. The highest BCUT2D eigenvalue weighted by atomic mass is 16.5. The number of rotatable bonds is 5. The Morgan fingerprint density at radius 3 is 2.52 bits per heavy atom. The van der Waals surface area contributed by atoms with E-state index in [2.05, 4.69) is 61.6 Å². The molecule has 9 nitrogen and oxygen atoms in total. The van der Waals surface area contributed by atoms with Crippen LogP contribution in [-0.2, 0) is 24.9 Å². The van der Waals surface area contributed by atoms with Gasteiger partial charge in [0.2, 0.25) is 0 Å². The van der Waals surface area contributed by atoms with Crippen molar-refractivity contribution in [3.8, 4) is 0 Å². The minimum atomic E-state index is 0.222. The van der Waals surface area contributed by atoms with Crippen molar-refractivity contribution in [2.45, 2.75) is 39.1 Å². The van der Waals surface area contributed by atoms with Gasteiger partial charge in [-0.25, -0.2) is 9.97 Å². The Bertz CT molecular complexity index is 747. The van der Waals surface area contributed by atoms with Gasteiger partial charge >= 0.3 is 0 Å². The van der Waals surface area contributed by atoms with Crippen molar-refractivity contribution in [3.63, 3.8) is 0 Å². The number of pyridine rings is 1. The van der Waals surface area contributed by atoms with Crippen LogP contribution in [0.5, 0.6) is 0 Å². The van der Waals surface area contributed by atoms with Gasteiger partial charge in [-0.05, 0) is 25.5 Å². The number of nitrogens with zero attached hydrogens (tertiary/aromatic N) is 6. The summed E-state index contributed by atoms with van der Waals surface area (Å²) in [5.41, 5.74) is 1.09. The maximum atomic E-state index is 5.79. The number of aryl methyl sites for hydroxylation is 1. The minimum Gasteiger partial charge on any atom is -0.372 e. The fourth-order valence-corrected chi connectivity index (χ4v) is 3.12. The number of ether oxygens (including phenoxy) is 1. The fourth-order valence-electron chi connectivity index (χ4n) is 3.12. The summed E-state index contributed by atoms with van der Waals surface area (Å²) in [5, 5.41) is 10.6. The van der Waals surface area contributed by atoms with Crippen molar-refractivity contribution < 1.29 is 4.74 Å². The predicted molar refractivity (Wildman–Crippen MR) is 105 cm³/mol. The summed E-state index contributed by atoms with van der Waals surface area (Å²) < 4.78 is 7.52. The van der Waals surface area contributed by atoms with Gasteiger partial charge in [-0.2, -0.15) is 5.10 Å². The van der Waals surface area contributed by atoms with Crippen molar-refractivity contribution in [1.29, 1.82) is 0 Å². The predicted octanol–water partition coefficient (Wildman–Crippen LogP) is 0.689. The summed E-state index contributed by atoms with van der Waals surface area (Å²) in [5.74, 6) is 2.54. The fraction of sp³-hybridized carbons (Fsp3) is 0.556. The van der Waals surface area contributed by atoms with Crippen LogP contribution in [0.4, 0.5) is 5.82 Å². The molecular formula is C18H28N8O. The van der Waals surface area contributed by atoms with Gasteiger partial charge < -0.3 is 20.3 Å². The summed E-state index contributed by atoms with van der Waals surface area (Å²) >= 11 is 0. The van der Waals surface area contributed by atoms with Crippen LogP contribution in [-0.4, -0.2) is 58.1 Å². The molecule has 1 fully saturated rings. The Labute approximate surface area is 159 Å². The maximum Gasteiger partial charge on any atom is 0.191 e. The molecule has 0 amide bonds. The molecule has 1 aliphatic heterocycles. The van der Waals surface area contributed by atoms with Crippen LogP contribution >= 0.6 is 0 Å². The molecule has 3 heterocycles. The highest BCUT2D eigenvalue weighted by molar-refractivity contribution is 5.79. The van der Waals surface area contributed by atoms with Gasteiger partial charge in [-0.1, -0.05) is 6.07 Å². The van der Waals surface area contributed by atoms with E-state index in [1.165, 1.54) is 6.33 Å². The topological polar surface area (TPSA) is 92.5 Å². The Morgan fingerprint density at radius 2 is 1.93 bits per heavy atom. The van der Waals surface area contributed by atoms with Gasteiger partial charge in [0.25, 0.3) is 0 Å². The number of hydrogen-bond acceptors (Lipinski definition) is 6. The van der Waals surface area contributed by atoms with E-state index in [-0.39, 0.29) is 12.2 Å².